The van der Waals surface area contributed by atoms with Crippen molar-refractivity contribution < 1.29 is 14.3 Å². The van der Waals surface area contributed by atoms with E-state index in [1.807, 2.05) is 0 Å². The van der Waals surface area contributed by atoms with Gasteiger partial charge in [0.1, 0.15) is 23.1 Å². The summed E-state index contributed by atoms with van der Waals surface area (Å²) in [6.07, 6.45) is 0. The fraction of sp³-hybridized carbons (Fsp3) is 0.143. The van der Waals surface area contributed by atoms with Crippen LogP contribution in [0.15, 0.2) is 4.42 Å². The zero-order chi connectivity index (χ0) is 9.30. The van der Waals surface area contributed by atoms with Gasteiger partial charge in [0.2, 0.25) is 5.76 Å². The molecule has 0 bridgehead atoms. The number of carbonyl (C=O) groups is 1. The predicted molar refractivity (Wildman–Crippen MR) is 39.5 cm³/mol. The van der Waals surface area contributed by atoms with Crippen LogP contribution in [-0.2, 0) is 0 Å². The summed E-state index contributed by atoms with van der Waals surface area (Å²) in [5.74, 6) is -1.41. The van der Waals surface area contributed by atoms with E-state index in [2.05, 4.69) is 0 Å². The second kappa shape index (κ2) is 2.58. The molecule has 0 aliphatic heterocycles. The maximum absolute atomic E-state index is 10.4. The van der Waals surface area contributed by atoms with E-state index in [1.54, 1.807) is 6.07 Å². The van der Waals surface area contributed by atoms with Gasteiger partial charge in [-0.05, 0) is 6.92 Å². The van der Waals surface area contributed by atoms with Crippen molar-refractivity contribution in [2.75, 3.05) is 5.73 Å². The van der Waals surface area contributed by atoms with E-state index < -0.39 is 5.97 Å². The zero-order valence-electron chi connectivity index (χ0n) is 6.29. The highest BCUT2D eigenvalue weighted by atomic mass is 16.4. The Labute approximate surface area is 68.0 Å². The first-order valence-electron chi connectivity index (χ1n) is 3.10. The standard InChI is InChI=1S/C7H6N2O3/c1-3-4(2-8)5(9)6(12-3)7(10)11/h9H2,1H3,(H,10,11). The Morgan fingerprint density at radius 1 is 1.75 bits per heavy atom. The summed E-state index contributed by atoms with van der Waals surface area (Å²) in [5, 5.41) is 17.0. The van der Waals surface area contributed by atoms with Gasteiger partial charge in [-0.2, -0.15) is 5.26 Å². The molecule has 0 radical (unpaired) electrons. The summed E-state index contributed by atoms with van der Waals surface area (Å²) in [7, 11) is 0. The lowest BCUT2D eigenvalue weighted by molar-refractivity contribution is 0.0662. The molecule has 62 valence electrons. The monoisotopic (exact) mass is 166 g/mol. The van der Waals surface area contributed by atoms with Crippen molar-refractivity contribution in [3.05, 3.63) is 17.1 Å². The molecular formula is C7H6N2O3. The summed E-state index contributed by atoms with van der Waals surface area (Å²) in [6.45, 7) is 1.49. The number of aryl methyl sites for hydroxylation is 1. The van der Waals surface area contributed by atoms with Crippen molar-refractivity contribution in [1.29, 1.82) is 5.26 Å². The summed E-state index contributed by atoms with van der Waals surface area (Å²) in [5.41, 5.74) is 5.30. The van der Waals surface area contributed by atoms with Gasteiger partial charge in [0, 0.05) is 0 Å². The number of furan rings is 1. The molecule has 0 unspecified atom stereocenters. The van der Waals surface area contributed by atoms with Crippen LogP contribution in [0, 0.1) is 18.3 Å². The number of rotatable bonds is 1. The number of nitrogen functional groups attached to an aromatic ring is 1. The molecule has 0 saturated carbocycles. The lowest BCUT2D eigenvalue weighted by Crippen LogP contribution is -1.99. The van der Waals surface area contributed by atoms with Gasteiger partial charge in [0.15, 0.2) is 0 Å². The molecule has 3 N–H and O–H groups in total. The third-order valence-corrected chi connectivity index (χ3v) is 1.43. The van der Waals surface area contributed by atoms with Crippen LogP contribution < -0.4 is 5.73 Å². The number of aromatic carboxylic acids is 1. The van der Waals surface area contributed by atoms with Crippen molar-refractivity contribution >= 4 is 11.7 Å². The average molecular weight is 166 g/mol. The topological polar surface area (TPSA) is 100 Å². The average Bonchev–Trinajstić information content (AvgIpc) is 2.27. The Balaban J connectivity index is 3.39. The van der Waals surface area contributed by atoms with E-state index in [9.17, 15) is 4.79 Å². The Morgan fingerprint density at radius 3 is 2.58 bits per heavy atom. The third-order valence-electron chi connectivity index (χ3n) is 1.43. The molecule has 1 heterocycles. The first kappa shape index (κ1) is 8.14. The summed E-state index contributed by atoms with van der Waals surface area (Å²) >= 11 is 0. The van der Waals surface area contributed by atoms with Crippen LogP contribution in [0.2, 0.25) is 0 Å². The van der Waals surface area contributed by atoms with Gasteiger partial charge >= 0.3 is 5.97 Å². The number of nitrogens with two attached hydrogens (primary N) is 1. The molecule has 1 aromatic rings. The molecule has 0 amide bonds. The Morgan fingerprint density at radius 2 is 2.33 bits per heavy atom. The minimum atomic E-state index is -1.27. The summed E-state index contributed by atoms with van der Waals surface area (Å²) in [4.78, 5) is 10.4. The van der Waals surface area contributed by atoms with Gasteiger partial charge < -0.3 is 15.3 Å². The summed E-state index contributed by atoms with van der Waals surface area (Å²) < 4.78 is 4.75. The van der Waals surface area contributed by atoms with Crippen molar-refractivity contribution in [3.63, 3.8) is 0 Å². The van der Waals surface area contributed by atoms with E-state index in [0.29, 0.717) is 0 Å². The molecular weight excluding hydrogens is 160 g/mol. The minimum absolute atomic E-state index is 0.0902. The number of carboxylic acids is 1. The molecule has 12 heavy (non-hydrogen) atoms. The third kappa shape index (κ3) is 0.992. The Bertz CT molecular complexity index is 373. The molecule has 0 atom stereocenters. The zero-order valence-corrected chi connectivity index (χ0v) is 6.29. The van der Waals surface area contributed by atoms with Gasteiger partial charge in [-0.25, -0.2) is 4.79 Å². The number of anilines is 1. The van der Waals surface area contributed by atoms with Crippen LogP contribution in [0.3, 0.4) is 0 Å². The quantitative estimate of drug-likeness (QED) is 0.640. The SMILES string of the molecule is Cc1oc(C(=O)O)c(N)c1C#N. The Hall–Kier alpha value is -1.96. The number of nitrogens with zero attached hydrogens (tertiary/aromatic N) is 1. The molecule has 0 aliphatic rings. The van der Waals surface area contributed by atoms with Crippen LogP contribution in [0.25, 0.3) is 0 Å². The molecule has 0 fully saturated rings. The van der Waals surface area contributed by atoms with Crippen LogP contribution in [0.4, 0.5) is 5.69 Å². The van der Waals surface area contributed by atoms with Gasteiger partial charge in [-0.15, -0.1) is 0 Å². The normalized spacial score (nSPS) is 9.33. The predicted octanol–water partition coefficient (Wildman–Crippen LogP) is 0.740. The second-order valence-electron chi connectivity index (χ2n) is 2.19. The van der Waals surface area contributed by atoms with Crippen molar-refractivity contribution in [1.82, 2.24) is 0 Å². The van der Waals surface area contributed by atoms with Crippen molar-refractivity contribution in [2.45, 2.75) is 6.92 Å². The minimum Gasteiger partial charge on any atom is -0.475 e. The smallest absolute Gasteiger partial charge is 0.374 e. The molecule has 5 heteroatoms. The fourth-order valence-corrected chi connectivity index (χ4v) is 0.860. The Kier molecular flexibility index (Phi) is 1.75. The maximum atomic E-state index is 10.4. The van der Waals surface area contributed by atoms with Gasteiger partial charge in [0.05, 0.1) is 0 Å². The van der Waals surface area contributed by atoms with E-state index >= 15 is 0 Å². The molecule has 1 aromatic heterocycles. The van der Waals surface area contributed by atoms with E-state index in [-0.39, 0.29) is 22.8 Å². The van der Waals surface area contributed by atoms with Crippen molar-refractivity contribution in [2.24, 2.45) is 0 Å². The number of nitriles is 1. The second-order valence-corrected chi connectivity index (χ2v) is 2.19. The van der Waals surface area contributed by atoms with Gasteiger partial charge in [0.25, 0.3) is 0 Å². The van der Waals surface area contributed by atoms with Crippen LogP contribution >= 0.6 is 0 Å². The highest BCUT2D eigenvalue weighted by Gasteiger charge is 2.19. The van der Waals surface area contributed by atoms with Gasteiger partial charge in [-0.1, -0.05) is 0 Å². The van der Waals surface area contributed by atoms with E-state index in [0.717, 1.165) is 0 Å². The molecule has 5 nitrogen and oxygen atoms in total. The molecule has 0 saturated heterocycles. The molecule has 0 spiro atoms. The lowest BCUT2D eigenvalue weighted by atomic mass is 10.2. The van der Waals surface area contributed by atoms with Crippen LogP contribution in [0.1, 0.15) is 21.9 Å². The van der Waals surface area contributed by atoms with Gasteiger partial charge in [-0.3, -0.25) is 0 Å². The highest BCUT2D eigenvalue weighted by Crippen LogP contribution is 2.23. The van der Waals surface area contributed by atoms with E-state index in [1.165, 1.54) is 6.92 Å². The number of hydrogen-bond acceptors (Lipinski definition) is 4. The lowest BCUT2D eigenvalue weighted by Gasteiger charge is -1.87. The molecule has 0 aliphatic carbocycles. The van der Waals surface area contributed by atoms with Crippen LogP contribution in [-0.4, -0.2) is 11.1 Å². The largest absolute Gasteiger partial charge is 0.475 e. The number of hydrogen-bond donors (Lipinski definition) is 2. The summed E-state index contributed by atoms with van der Waals surface area (Å²) in [6, 6.07) is 1.76. The fourth-order valence-electron chi connectivity index (χ4n) is 0.860. The van der Waals surface area contributed by atoms with Crippen LogP contribution in [0.5, 0.6) is 0 Å². The molecule has 1 rings (SSSR count). The first-order chi connectivity index (χ1) is 5.57. The van der Waals surface area contributed by atoms with E-state index in [4.69, 9.17) is 20.5 Å². The molecule has 0 aromatic carbocycles. The first-order valence-corrected chi connectivity index (χ1v) is 3.10. The number of carboxylic acid groups (broad SMARTS) is 1. The highest BCUT2D eigenvalue weighted by molar-refractivity contribution is 5.92. The maximum Gasteiger partial charge on any atom is 0.374 e. The van der Waals surface area contributed by atoms with Crippen molar-refractivity contribution in [3.8, 4) is 6.07 Å².